The van der Waals surface area contributed by atoms with Crippen LogP contribution >= 0.6 is 0 Å². The summed E-state index contributed by atoms with van der Waals surface area (Å²) in [5.74, 6) is 2.28. The minimum atomic E-state index is -0.224. The molecule has 0 aromatic heterocycles. The minimum Gasteiger partial charge on any atom is -0.508 e. The zero-order valence-electron chi connectivity index (χ0n) is 20.2. The van der Waals surface area contributed by atoms with E-state index in [4.69, 9.17) is 0 Å². The topological polar surface area (TPSA) is 69.6 Å². The fourth-order valence-corrected chi connectivity index (χ4v) is 6.11. The second-order valence-corrected chi connectivity index (χ2v) is 10.8. The van der Waals surface area contributed by atoms with Gasteiger partial charge in [0.15, 0.2) is 0 Å². The molecule has 176 valence electrons. The highest BCUT2D eigenvalue weighted by molar-refractivity contribution is 5.88. The Hall–Kier alpha value is -2.07. The summed E-state index contributed by atoms with van der Waals surface area (Å²) in [4.78, 5) is 12.3. The van der Waals surface area contributed by atoms with Gasteiger partial charge < -0.3 is 15.5 Å². The number of carbonyl (C=O) groups excluding carboxylic acids is 1. The number of aromatic hydroxyl groups is 1. The zero-order chi connectivity index (χ0) is 23.5. The van der Waals surface area contributed by atoms with Gasteiger partial charge in [-0.15, -0.1) is 0 Å². The summed E-state index contributed by atoms with van der Waals surface area (Å²) in [6, 6.07) is 7.08. The van der Waals surface area contributed by atoms with Crippen LogP contribution < -0.4 is 5.32 Å². The van der Waals surface area contributed by atoms with Gasteiger partial charge in [0.2, 0.25) is 5.91 Å². The summed E-state index contributed by atoms with van der Waals surface area (Å²) in [6.07, 6.45) is 7.23. The van der Waals surface area contributed by atoms with Gasteiger partial charge in [0.05, 0.1) is 6.10 Å². The Morgan fingerprint density at radius 3 is 2.66 bits per heavy atom. The molecule has 0 spiro atoms. The Morgan fingerprint density at radius 2 is 1.97 bits per heavy atom. The molecule has 0 saturated heterocycles. The predicted octanol–water partition coefficient (Wildman–Crippen LogP) is 5.40. The SMILES string of the molecule is C=C1CCC2C(C(C)CC(O)C2(C)C)C1CCC(C)=CC(=O)NCCc1ccc(O)cc1. The molecule has 0 bridgehead atoms. The van der Waals surface area contributed by atoms with Crippen LogP contribution in [0.1, 0.15) is 65.4 Å². The van der Waals surface area contributed by atoms with E-state index in [1.165, 1.54) is 5.57 Å². The largest absolute Gasteiger partial charge is 0.508 e. The highest BCUT2D eigenvalue weighted by Crippen LogP contribution is 2.56. The van der Waals surface area contributed by atoms with E-state index < -0.39 is 0 Å². The van der Waals surface area contributed by atoms with E-state index in [0.29, 0.717) is 30.2 Å². The molecule has 3 N–H and O–H groups in total. The maximum Gasteiger partial charge on any atom is 0.243 e. The average molecular weight is 440 g/mol. The van der Waals surface area contributed by atoms with Crippen molar-refractivity contribution >= 4 is 5.91 Å². The maximum absolute atomic E-state index is 12.3. The lowest BCUT2D eigenvalue weighted by atomic mass is 9.50. The van der Waals surface area contributed by atoms with Crippen LogP contribution in [0, 0.1) is 29.1 Å². The van der Waals surface area contributed by atoms with Crippen LogP contribution in [0.3, 0.4) is 0 Å². The molecule has 0 heterocycles. The molecule has 1 aromatic carbocycles. The number of amides is 1. The lowest BCUT2D eigenvalue weighted by Crippen LogP contribution is -2.52. The Kier molecular flexibility index (Phi) is 7.87. The Bertz CT molecular complexity index is 839. The third kappa shape index (κ3) is 5.64. The van der Waals surface area contributed by atoms with Gasteiger partial charge in [-0.1, -0.05) is 50.6 Å². The van der Waals surface area contributed by atoms with E-state index in [0.717, 1.165) is 49.7 Å². The number of phenolic OH excluding ortho intramolecular Hbond substituents is 1. The van der Waals surface area contributed by atoms with Crippen LogP contribution in [0.25, 0.3) is 0 Å². The van der Waals surface area contributed by atoms with Gasteiger partial charge in [-0.25, -0.2) is 0 Å². The van der Waals surface area contributed by atoms with Crippen molar-refractivity contribution in [1.29, 1.82) is 0 Å². The minimum absolute atomic E-state index is 0.0433. The van der Waals surface area contributed by atoms with Crippen molar-refractivity contribution in [2.24, 2.45) is 29.1 Å². The van der Waals surface area contributed by atoms with E-state index in [-0.39, 0.29) is 23.2 Å². The highest BCUT2D eigenvalue weighted by atomic mass is 16.3. The second kappa shape index (κ2) is 10.2. The Morgan fingerprint density at radius 1 is 1.28 bits per heavy atom. The van der Waals surface area contributed by atoms with Gasteiger partial charge in [-0.3, -0.25) is 4.79 Å². The number of aliphatic hydroxyl groups is 1. The molecular weight excluding hydrogens is 398 g/mol. The molecule has 32 heavy (non-hydrogen) atoms. The molecule has 4 heteroatoms. The van der Waals surface area contributed by atoms with E-state index in [9.17, 15) is 15.0 Å². The number of hydrogen-bond donors (Lipinski definition) is 3. The van der Waals surface area contributed by atoms with Gasteiger partial charge >= 0.3 is 0 Å². The van der Waals surface area contributed by atoms with Crippen LogP contribution in [0.4, 0.5) is 0 Å². The number of fused-ring (bicyclic) bond motifs is 1. The average Bonchev–Trinajstić information content (AvgIpc) is 2.72. The first-order valence-electron chi connectivity index (χ1n) is 12.2. The highest BCUT2D eigenvalue weighted by Gasteiger charge is 2.51. The monoisotopic (exact) mass is 439 g/mol. The number of hydrogen-bond acceptors (Lipinski definition) is 3. The number of nitrogens with one attached hydrogen (secondary N) is 1. The van der Waals surface area contributed by atoms with Crippen molar-refractivity contribution in [3.05, 3.63) is 53.6 Å². The molecular formula is C28H41NO3. The van der Waals surface area contributed by atoms with Crippen molar-refractivity contribution < 1.29 is 15.0 Å². The van der Waals surface area contributed by atoms with Crippen molar-refractivity contribution in [2.45, 2.75) is 72.3 Å². The summed E-state index contributed by atoms with van der Waals surface area (Å²) < 4.78 is 0. The van der Waals surface area contributed by atoms with Crippen molar-refractivity contribution in [2.75, 3.05) is 6.54 Å². The lowest BCUT2D eigenvalue weighted by Gasteiger charge is -2.55. The predicted molar refractivity (Wildman–Crippen MR) is 130 cm³/mol. The maximum atomic E-state index is 12.3. The number of allylic oxidation sites excluding steroid dienone is 2. The Labute approximate surface area is 193 Å². The van der Waals surface area contributed by atoms with Crippen molar-refractivity contribution in [1.82, 2.24) is 5.32 Å². The van der Waals surface area contributed by atoms with E-state index in [2.05, 4.69) is 32.7 Å². The first-order chi connectivity index (χ1) is 15.1. The normalized spacial score (nSPS) is 30.0. The summed E-state index contributed by atoms with van der Waals surface area (Å²) in [7, 11) is 0. The molecule has 0 radical (unpaired) electrons. The number of benzene rings is 1. The molecule has 5 atom stereocenters. The molecule has 2 aliphatic rings. The first kappa shape index (κ1) is 24.6. The molecule has 4 nitrogen and oxygen atoms in total. The fourth-order valence-electron chi connectivity index (χ4n) is 6.11. The van der Waals surface area contributed by atoms with Crippen LogP contribution in [0.2, 0.25) is 0 Å². The zero-order valence-corrected chi connectivity index (χ0v) is 20.2. The van der Waals surface area contributed by atoms with Gasteiger partial charge in [-0.2, -0.15) is 0 Å². The van der Waals surface area contributed by atoms with E-state index in [1.54, 1.807) is 18.2 Å². The summed E-state index contributed by atoms with van der Waals surface area (Å²) >= 11 is 0. The number of carbonyl (C=O) groups is 1. The summed E-state index contributed by atoms with van der Waals surface area (Å²) in [6.45, 7) is 13.8. The van der Waals surface area contributed by atoms with Crippen LogP contribution in [0.5, 0.6) is 5.75 Å². The fraction of sp³-hybridized carbons (Fsp3) is 0.607. The number of rotatable bonds is 7. The Balaban J connectivity index is 1.53. The second-order valence-electron chi connectivity index (χ2n) is 10.8. The van der Waals surface area contributed by atoms with Crippen LogP contribution in [-0.2, 0) is 11.2 Å². The third-order valence-electron chi connectivity index (χ3n) is 8.17. The molecule has 5 unspecified atom stereocenters. The first-order valence-corrected chi connectivity index (χ1v) is 12.2. The summed E-state index contributed by atoms with van der Waals surface area (Å²) in [5, 5.41) is 23.0. The standard InChI is InChI=1S/C28H41NO3/c1-18(16-26(32)29-15-14-21-8-10-22(30)11-9-21)6-12-23-19(2)7-13-24-27(23)20(3)17-25(31)28(24,4)5/h8-11,16,20,23-25,27,30-31H,2,6-7,12-15,17H2,1,3-5H3,(H,29,32). The molecule has 2 aliphatic carbocycles. The van der Waals surface area contributed by atoms with E-state index in [1.807, 2.05) is 19.1 Å². The molecule has 0 aliphatic heterocycles. The van der Waals surface area contributed by atoms with Gasteiger partial charge in [0.1, 0.15) is 5.75 Å². The molecule has 3 rings (SSSR count). The van der Waals surface area contributed by atoms with Crippen LogP contribution in [0.15, 0.2) is 48.1 Å². The van der Waals surface area contributed by atoms with Crippen molar-refractivity contribution in [3.63, 3.8) is 0 Å². The third-order valence-corrected chi connectivity index (χ3v) is 8.17. The lowest BCUT2D eigenvalue weighted by molar-refractivity contribution is -0.116. The van der Waals surface area contributed by atoms with Crippen LogP contribution in [-0.4, -0.2) is 28.8 Å². The molecule has 2 fully saturated rings. The van der Waals surface area contributed by atoms with Gasteiger partial charge in [0.25, 0.3) is 0 Å². The van der Waals surface area contributed by atoms with Crippen molar-refractivity contribution in [3.8, 4) is 5.75 Å². The number of aliphatic hydroxyl groups excluding tert-OH is 1. The van der Waals surface area contributed by atoms with Gasteiger partial charge in [-0.05, 0) is 92.2 Å². The number of phenols is 1. The quantitative estimate of drug-likeness (QED) is 0.393. The molecule has 2 saturated carbocycles. The smallest absolute Gasteiger partial charge is 0.243 e. The summed E-state index contributed by atoms with van der Waals surface area (Å²) in [5.41, 5.74) is 3.50. The van der Waals surface area contributed by atoms with Gasteiger partial charge in [0, 0.05) is 12.6 Å². The molecule has 1 amide bonds. The van der Waals surface area contributed by atoms with E-state index >= 15 is 0 Å². The molecule has 1 aromatic rings.